The lowest BCUT2D eigenvalue weighted by Crippen LogP contribution is -2.17. The fourth-order valence-electron chi connectivity index (χ4n) is 4.31. The number of aryl methyl sites for hydroxylation is 2. The SMILES string of the molecule is CCn1cnc(NC(=O)c2cnc3nc(C(c4ccccc4F)c4ccccc4P)n(CC)c3c2)n1. The molecular weight excluding hydrogens is 476 g/mol. The Morgan fingerprint density at radius 3 is 2.50 bits per heavy atom. The topological polar surface area (TPSA) is 90.5 Å². The first-order chi connectivity index (χ1) is 17.5. The molecule has 5 rings (SSSR count). The molecule has 0 aliphatic carbocycles. The second kappa shape index (κ2) is 9.95. The van der Waals surface area contributed by atoms with E-state index < -0.39 is 5.92 Å². The molecule has 0 spiro atoms. The van der Waals surface area contributed by atoms with Gasteiger partial charge in [0.05, 0.1) is 17.0 Å². The number of hydrogen-bond donors (Lipinski definition) is 1. The molecule has 182 valence electrons. The summed E-state index contributed by atoms with van der Waals surface area (Å²) < 4.78 is 18.7. The van der Waals surface area contributed by atoms with E-state index in [4.69, 9.17) is 4.98 Å². The van der Waals surface area contributed by atoms with Gasteiger partial charge in [-0.1, -0.05) is 42.5 Å². The van der Waals surface area contributed by atoms with Crippen molar-refractivity contribution in [2.24, 2.45) is 0 Å². The van der Waals surface area contributed by atoms with E-state index in [1.54, 1.807) is 29.2 Å². The first-order valence-corrected chi connectivity index (χ1v) is 12.2. The van der Waals surface area contributed by atoms with Crippen LogP contribution in [0.15, 0.2) is 67.1 Å². The number of nitrogens with one attached hydrogen (secondary N) is 1. The summed E-state index contributed by atoms with van der Waals surface area (Å²) in [5.74, 6) is -0.264. The van der Waals surface area contributed by atoms with E-state index in [0.717, 1.165) is 10.9 Å². The number of anilines is 1. The molecule has 8 nitrogen and oxygen atoms in total. The van der Waals surface area contributed by atoms with Crippen molar-refractivity contribution < 1.29 is 9.18 Å². The Bertz CT molecular complexity index is 1520. The highest BCUT2D eigenvalue weighted by Crippen LogP contribution is 2.34. The average Bonchev–Trinajstić information content (AvgIpc) is 3.49. The largest absolute Gasteiger partial charge is 0.326 e. The lowest BCUT2D eigenvalue weighted by atomic mass is 9.90. The van der Waals surface area contributed by atoms with Gasteiger partial charge in [0.2, 0.25) is 5.95 Å². The van der Waals surface area contributed by atoms with Crippen LogP contribution in [0.2, 0.25) is 0 Å². The average molecular weight is 502 g/mol. The minimum atomic E-state index is -0.464. The number of halogens is 1. The van der Waals surface area contributed by atoms with Gasteiger partial charge in [-0.15, -0.1) is 14.3 Å². The molecule has 2 atom stereocenters. The number of amides is 1. The van der Waals surface area contributed by atoms with Gasteiger partial charge in [0.15, 0.2) is 5.65 Å². The molecule has 2 unspecified atom stereocenters. The van der Waals surface area contributed by atoms with Gasteiger partial charge < -0.3 is 4.57 Å². The molecule has 36 heavy (non-hydrogen) atoms. The Hall–Kier alpha value is -3.97. The maximum atomic E-state index is 15.1. The third-order valence-corrected chi connectivity index (χ3v) is 6.61. The Kier molecular flexibility index (Phi) is 6.57. The van der Waals surface area contributed by atoms with Crippen LogP contribution in [0.4, 0.5) is 10.3 Å². The minimum Gasteiger partial charge on any atom is -0.326 e. The van der Waals surface area contributed by atoms with Gasteiger partial charge in [-0.3, -0.25) is 14.8 Å². The van der Waals surface area contributed by atoms with Crippen LogP contribution in [-0.4, -0.2) is 35.2 Å². The number of benzene rings is 2. The highest BCUT2D eigenvalue weighted by atomic mass is 31.0. The van der Waals surface area contributed by atoms with Crippen molar-refractivity contribution in [3.05, 3.63) is 95.5 Å². The van der Waals surface area contributed by atoms with Gasteiger partial charge in [0.25, 0.3) is 5.91 Å². The Labute approximate surface area is 209 Å². The normalized spacial score (nSPS) is 12.1. The second-order valence-electron chi connectivity index (χ2n) is 8.24. The third kappa shape index (κ3) is 4.38. The van der Waals surface area contributed by atoms with Crippen molar-refractivity contribution in [1.29, 1.82) is 0 Å². The third-order valence-electron chi connectivity index (χ3n) is 6.08. The fraction of sp³-hybridized carbons (Fsp3) is 0.192. The van der Waals surface area contributed by atoms with E-state index in [1.165, 1.54) is 12.3 Å². The number of carbonyl (C=O) groups is 1. The first kappa shape index (κ1) is 23.8. The summed E-state index contributed by atoms with van der Waals surface area (Å²) >= 11 is 0. The number of hydrogen-bond acceptors (Lipinski definition) is 5. The van der Waals surface area contributed by atoms with E-state index >= 15 is 4.39 Å². The molecule has 2 aromatic carbocycles. The number of aromatic nitrogens is 6. The van der Waals surface area contributed by atoms with Gasteiger partial charge in [0, 0.05) is 24.8 Å². The number of nitrogens with zero attached hydrogens (tertiary/aromatic N) is 6. The summed E-state index contributed by atoms with van der Waals surface area (Å²) in [7, 11) is 2.73. The summed E-state index contributed by atoms with van der Waals surface area (Å²) in [5, 5.41) is 7.86. The molecule has 10 heteroatoms. The molecule has 3 heterocycles. The van der Waals surface area contributed by atoms with E-state index in [2.05, 4.69) is 29.6 Å². The van der Waals surface area contributed by atoms with E-state index in [0.29, 0.717) is 41.2 Å². The molecule has 1 N–H and O–H groups in total. The van der Waals surface area contributed by atoms with Gasteiger partial charge in [-0.2, -0.15) is 0 Å². The highest BCUT2D eigenvalue weighted by molar-refractivity contribution is 7.27. The minimum absolute atomic E-state index is 0.225. The fourth-order valence-corrected chi connectivity index (χ4v) is 4.68. The predicted octanol–water partition coefficient (Wildman–Crippen LogP) is 4.13. The molecule has 0 radical (unpaired) electrons. The van der Waals surface area contributed by atoms with Crippen molar-refractivity contribution in [2.75, 3.05) is 5.32 Å². The molecule has 5 aromatic rings. The molecule has 0 fully saturated rings. The Balaban J connectivity index is 1.62. The predicted molar refractivity (Wildman–Crippen MR) is 140 cm³/mol. The molecule has 3 aromatic heterocycles. The van der Waals surface area contributed by atoms with Gasteiger partial charge in [-0.25, -0.2) is 19.3 Å². The van der Waals surface area contributed by atoms with Crippen LogP contribution in [0.3, 0.4) is 0 Å². The zero-order chi connectivity index (χ0) is 25.2. The van der Waals surface area contributed by atoms with Gasteiger partial charge >= 0.3 is 0 Å². The van der Waals surface area contributed by atoms with Crippen molar-refractivity contribution >= 4 is 37.6 Å². The first-order valence-electron chi connectivity index (χ1n) is 11.7. The quantitative estimate of drug-likeness (QED) is 0.339. The molecule has 1 amide bonds. The lowest BCUT2D eigenvalue weighted by molar-refractivity contribution is 0.102. The second-order valence-corrected chi connectivity index (χ2v) is 8.86. The van der Waals surface area contributed by atoms with Crippen LogP contribution in [0.5, 0.6) is 0 Å². The van der Waals surface area contributed by atoms with E-state index in [9.17, 15) is 4.79 Å². The van der Waals surface area contributed by atoms with Gasteiger partial charge in [0.1, 0.15) is 18.0 Å². The van der Waals surface area contributed by atoms with Crippen LogP contribution in [0.1, 0.15) is 47.1 Å². The van der Waals surface area contributed by atoms with Crippen LogP contribution >= 0.6 is 9.24 Å². The van der Waals surface area contributed by atoms with Crippen molar-refractivity contribution in [1.82, 2.24) is 29.3 Å². The molecule has 0 saturated heterocycles. The number of fused-ring (bicyclic) bond motifs is 1. The summed E-state index contributed by atoms with van der Waals surface area (Å²) in [5.41, 5.74) is 2.97. The van der Waals surface area contributed by atoms with Crippen molar-refractivity contribution in [3.8, 4) is 0 Å². The monoisotopic (exact) mass is 501 g/mol. The smallest absolute Gasteiger partial charge is 0.259 e. The van der Waals surface area contributed by atoms with Gasteiger partial charge in [-0.05, 0) is 36.8 Å². The lowest BCUT2D eigenvalue weighted by Gasteiger charge is -2.21. The molecule has 0 aliphatic rings. The van der Waals surface area contributed by atoms with Crippen LogP contribution in [0.25, 0.3) is 11.2 Å². The molecule has 0 bridgehead atoms. The summed E-state index contributed by atoms with van der Waals surface area (Å²) in [6.45, 7) is 5.14. The summed E-state index contributed by atoms with van der Waals surface area (Å²) in [4.78, 5) is 26.3. The number of imidazole rings is 1. The summed E-state index contributed by atoms with van der Waals surface area (Å²) in [6.07, 6.45) is 3.04. The maximum absolute atomic E-state index is 15.1. The van der Waals surface area contributed by atoms with Crippen LogP contribution in [0, 0.1) is 5.82 Å². The van der Waals surface area contributed by atoms with Crippen LogP contribution < -0.4 is 10.6 Å². The zero-order valence-electron chi connectivity index (χ0n) is 19.9. The highest BCUT2D eigenvalue weighted by Gasteiger charge is 2.28. The Morgan fingerprint density at radius 2 is 1.81 bits per heavy atom. The summed E-state index contributed by atoms with van der Waals surface area (Å²) in [6, 6.07) is 16.3. The zero-order valence-corrected chi connectivity index (χ0v) is 21.0. The van der Waals surface area contributed by atoms with E-state index in [-0.39, 0.29) is 17.7 Å². The molecule has 0 aliphatic heterocycles. The number of rotatable bonds is 7. The molecule has 0 saturated carbocycles. The maximum Gasteiger partial charge on any atom is 0.259 e. The number of pyridine rings is 1. The van der Waals surface area contributed by atoms with Crippen molar-refractivity contribution in [3.63, 3.8) is 0 Å². The van der Waals surface area contributed by atoms with E-state index in [1.807, 2.05) is 48.7 Å². The standard InChI is InChI=1S/C26H25FN7OP/c1-3-33-15-29-26(32-33)31-25(35)16-13-20-23(28-14-16)30-24(34(20)4-2)22(17-9-5-7-11-19(17)27)18-10-6-8-12-21(18)36/h5-15,22H,3-4,36H2,1-2H3,(H,31,32,35). The van der Waals surface area contributed by atoms with Crippen molar-refractivity contribution in [2.45, 2.75) is 32.9 Å². The molecular formula is C26H25FN7OP. The number of carbonyl (C=O) groups excluding carboxylic acids is 1. The van der Waals surface area contributed by atoms with Crippen LogP contribution in [-0.2, 0) is 13.1 Å². The Morgan fingerprint density at radius 1 is 1.06 bits per heavy atom.